The van der Waals surface area contributed by atoms with Crippen molar-refractivity contribution in [3.05, 3.63) is 33.8 Å². The van der Waals surface area contributed by atoms with Crippen LogP contribution in [0.4, 0.5) is 0 Å². The largest absolute Gasteiger partial charge is 0.390 e. The predicted molar refractivity (Wildman–Crippen MR) is 67.3 cm³/mol. The first-order valence-corrected chi connectivity index (χ1v) is 6.04. The quantitative estimate of drug-likeness (QED) is 0.883. The zero-order valence-electron chi connectivity index (χ0n) is 9.41. The number of halogens is 2. The van der Waals surface area contributed by atoms with Gasteiger partial charge >= 0.3 is 0 Å². The molecular weight excluding hydrogens is 247 g/mol. The first-order chi connectivity index (χ1) is 7.56. The number of ether oxygens (including phenoxy) is 1. The van der Waals surface area contributed by atoms with Crippen LogP contribution in [-0.2, 0) is 11.2 Å². The summed E-state index contributed by atoms with van der Waals surface area (Å²) in [5.74, 6) is 0. The maximum Gasteiger partial charge on any atom is 0.0839 e. The van der Waals surface area contributed by atoms with Gasteiger partial charge in [-0.25, -0.2) is 0 Å². The van der Waals surface area contributed by atoms with Crippen LogP contribution in [0.5, 0.6) is 0 Å². The number of benzene rings is 1. The van der Waals surface area contributed by atoms with E-state index in [1.807, 2.05) is 26.0 Å². The minimum atomic E-state index is -0.573. The zero-order chi connectivity index (χ0) is 12.1. The number of aliphatic hydroxyl groups excluding tert-OH is 1. The van der Waals surface area contributed by atoms with E-state index in [0.717, 1.165) is 5.56 Å². The fourth-order valence-electron chi connectivity index (χ4n) is 1.47. The van der Waals surface area contributed by atoms with Crippen LogP contribution in [0.25, 0.3) is 0 Å². The molecule has 0 aliphatic heterocycles. The standard InChI is InChI=1S/C12H16Cl2O2/c1-3-16-8(2)11(15)7-9-5-4-6-10(13)12(9)14/h4-6,8,11,15H,3,7H2,1-2H3. The van der Waals surface area contributed by atoms with E-state index < -0.39 is 6.10 Å². The van der Waals surface area contributed by atoms with Crippen molar-refractivity contribution in [1.29, 1.82) is 0 Å². The Balaban J connectivity index is 2.69. The number of aliphatic hydroxyl groups is 1. The van der Waals surface area contributed by atoms with E-state index in [1.165, 1.54) is 0 Å². The molecule has 1 aromatic rings. The van der Waals surface area contributed by atoms with Crippen LogP contribution in [0.3, 0.4) is 0 Å². The van der Waals surface area contributed by atoms with Crippen molar-refractivity contribution in [3.8, 4) is 0 Å². The summed E-state index contributed by atoms with van der Waals surface area (Å²) in [5.41, 5.74) is 0.841. The minimum absolute atomic E-state index is 0.208. The Morgan fingerprint density at radius 1 is 1.38 bits per heavy atom. The molecule has 1 rings (SSSR count). The fourth-order valence-corrected chi connectivity index (χ4v) is 1.87. The lowest BCUT2D eigenvalue weighted by molar-refractivity contribution is -0.0208. The van der Waals surface area contributed by atoms with E-state index in [-0.39, 0.29) is 6.10 Å². The molecule has 2 unspecified atom stereocenters. The molecule has 4 heteroatoms. The fraction of sp³-hybridized carbons (Fsp3) is 0.500. The molecule has 0 aliphatic rings. The molecule has 0 radical (unpaired) electrons. The molecule has 0 amide bonds. The average Bonchev–Trinajstić information content (AvgIpc) is 2.25. The van der Waals surface area contributed by atoms with Gasteiger partial charge in [-0.05, 0) is 25.5 Å². The number of hydrogen-bond donors (Lipinski definition) is 1. The van der Waals surface area contributed by atoms with Crippen molar-refractivity contribution in [2.75, 3.05) is 6.61 Å². The van der Waals surface area contributed by atoms with Crippen molar-refractivity contribution < 1.29 is 9.84 Å². The summed E-state index contributed by atoms with van der Waals surface area (Å²) >= 11 is 11.9. The molecule has 0 aromatic heterocycles. The van der Waals surface area contributed by atoms with E-state index in [2.05, 4.69) is 0 Å². The van der Waals surface area contributed by atoms with Gasteiger partial charge < -0.3 is 9.84 Å². The zero-order valence-corrected chi connectivity index (χ0v) is 10.9. The third-order valence-electron chi connectivity index (χ3n) is 2.43. The molecule has 0 spiro atoms. The van der Waals surface area contributed by atoms with Gasteiger partial charge in [-0.1, -0.05) is 35.3 Å². The van der Waals surface area contributed by atoms with Crippen molar-refractivity contribution in [1.82, 2.24) is 0 Å². The molecule has 1 aromatic carbocycles. The highest BCUT2D eigenvalue weighted by Crippen LogP contribution is 2.26. The van der Waals surface area contributed by atoms with Crippen LogP contribution in [0, 0.1) is 0 Å². The summed E-state index contributed by atoms with van der Waals surface area (Å²) in [4.78, 5) is 0. The first-order valence-electron chi connectivity index (χ1n) is 5.28. The summed E-state index contributed by atoms with van der Waals surface area (Å²) in [6, 6.07) is 5.41. The Morgan fingerprint density at radius 3 is 2.69 bits per heavy atom. The third kappa shape index (κ3) is 3.63. The molecule has 0 aliphatic carbocycles. The SMILES string of the molecule is CCOC(C)C(O)Cc1cccc(Cl)c1Cl. The average molecular weight is 263 g/mol. The van der Waals surface area contributed by atoms with Crippen LogP contribution >= 0.6 is 23.2 Å². The van der Waals surface area contributed by atoms with E-state index in [4.69, 9.17) is 27.9 Å². The Labute approximate surface area is 106 Å². The molecule has 90 valence electrons. The lowest BCUT2D eigenvalue weighted by Gasteiger charge is -2.19. The molecule has 16 heavy (non-hydrogen) atoms. The highest BCUT2D eigenvalue weighted by atomic mass is 35.5. The summed E-state index contributed by atoms with van der Waals surface area (Å²) in [6.07, 6.45) is -0.337. The van der Waals surface area contributed by atoms with Crippen LogP contribution < -0.4 is 0 Å². The molecule has 0 saturated heterocycles. The van der Waals surface area contributed by atoms with Crippen LogP contribution in [0.1, 0.15) is 19.4 Å². The predicted octanol–water partition coefficient (Wildman–Crippen LogP) is 3.32. The van der Waals surface area contributed by atoms with Crippen molar-refractivity contribution in [3.63, 3.8) is 0 Å². The maximum absolute atomic E-state index is 9.89. The normalized spacial score (nSPS) is 14.8. The second kappa shape index (κ2) is 6.45. The number of rotatable bonds is 5. The van der Waals surface area contributed by atoms with Crippen molar-refractivity contribution in [2.45, 2.75) is 32.5 Å². The summed E-state index contributed by atoms with van der Waals surface area (Å²) in [6.45, 7) is 4.32. The molecule has 0 bridgehead atoms. The summed E-state index contributed by atoms with van der Waals surface area (Å²) < 4.78 is 5.32. The van der Waals surface area contributed by atoms with E-state index in [0.29, 0.717) is 23.1 Å². The van der Waals surface area contributed by atoms with E-state index in [1.54, 1.807) is 6.07 Å². The van der Waals surface area contributed by atoms with Gasteiger partial charge in [0.25, 0.3) is 0 Å². The Morgan fingerprint density at radius 2 is 2.06 bits per heavy atom. The van der Waals surface area contributed by atoms with Gasteiger partial charge in [0.1, 0.15) is 0 Å². The summed E-state index contributed by atoms with van der Waals surface area (Å²) in [5, 5.41) is 10.9. The van der Waals surface area contributed by atoms with Gasteiger partial charge in [-0.3, -0.25) is 0 Å². The maximum atomic E-state index is 9.89. The van der Waals surface area contributed by atoms with Gasteiger partial charge in [0, 0.05) is 13.0 Å². The number of hydrogen-bond acceptors (Lipinski definition) is 2. The Bertz CT molecular complexity index is 342. The molecule has 0 heterocycles. The Kier molecular flexibility index (Phi) is 5.56. The molecule has 0 saturated carbocycles. The Hall–Kier alpha value is -0.280. The highest BCUT2D eigenvalue weighted by molar-refractivity contribution is 6.42. The van der Waals surface area contributed by atoms with Crippen molar-refractivity contribution >= 4 is 23.2 Å². The van der Waals surface area contributed by atoms with Crippen LogP contribution in [-0.4, -0.2) is 23.9 Å². The lowest BCUT2D eigenvalue weighted by atomic mass is 10.0. The van der Waals surface area contributed by atoms with Gasteiger partial charge in [0.2, 0.25) is 0 Å². The molecular formula is C12H16Cl2O2. The van der Waals surface area contributed by atoms with E-state index in [9.17, 15) is 5.11 Å². The first kappa shape index (κ1) is 13.8. The van der Waals surface area contributed by atoms with Crippen molar-refractivity contribution in [2.24, 2.45) is 0 Å². The van der Waals surface area contributed by atoms with Gasteiger partial charge in [0.05, 0.1) is 22.3 Å². The summed E-state index contributed by atoms with van der Waals surface area (Å²) in [7, 11) is 0. The van der Waals surface area contributed by atoms with Gasteiger partial charge in [-0.2, -0.15) is 0 Å². The van der Waals surface area contributed by atoms with E-state index >= 15 is 0 Å². The minimum Gasteiger partial charge on any atom is -0.390 e. The molecule has 0 fully saturated rings. The second-order valence-electron chi connectivity index (χ2n) is 3.64. The smallest absolute Gasteiger partial charge is 0.0839 e. The third-order valence-corrected chi connectivity index (χ3v) is 3.29. The van der Waals surface area contributed by atoms with Crippen LogP contribution in [0.15, 0.2) is 18.2 Å². The highest BCUT2D eigenvalue weighted by Gasteiger charge is 2.16. The molecule has 2 nitrogen and oxygen atoms in total. The van der Waals surface area contributed by atoms with Crippen LogP contribution in [0.2, 0.25) is 10.0 Å². The molecule has 2 atom stereocenters. The molecule has 1 N–H and O–H groups in total. The monoisotopic (exact) mass is 262 g/mol. The van der Waals surface area contributed by atoms with Gasteiger partial charge in [0.15, 0.2) is 0 Å². The topological polar surface area (TPSA) is 29.5 Å². The second-order valence-corrected chi connectivity index (χ2v) is 4.43. The van der Waals surface area contributed by atoms with Gasteiger partial charge in [-0.15, -0.1) is 0 Å². The lowest BCUT2D eigenvalue weighted by Crippen LogP contribution is -2.28.